The summed E-state index contributed by atoms with van der Waals surface area (Å²) in [6.07, 6.45) is -5.54. The first-order valence-corrected chi connectivity index (χ1v) is 7.25. The number of alkyl halides is 3. The predicted molar refractivity (Wildman–Crippen MR) is 75.5 cm³/mol. The summed E-state index contributed by atoms with van der Waals surface area (Å²) in [4.78, 5) is 10.8. The van der Waals surface area contributed by atoms with Crippen molar-refractivity contribution in [1.82, 2.24) is 0 Å². The highest BCUT2D eigenvalue weighted by molar-refractivity contribution is 5.84. The fourth-order valence-corrected chi connectivity index (χ4v) is 1.55. The van der Waals surface area contributed by atoms with Gasteiger partial charge in [0.15, 0.2) is 0 Å². The molecule has 0 rings (SSSR count). The first kappa shape index (κ1) is 21.3. The van der Waals surface area contributed by atoms with Crippen molar-refractivity contribution in [2.45, 2.75) is 45.5 Å². The molecule has 0 bridgehead atoms. The van der Waals surface area contributed by atoms with Crippen LogP contribution in [0.5, 0.6) is 0 Å². The number of halogens is 3. The van der Waals surface area contributed by atoms with Crippen LogP contribution >= 0.6 is 0 Å². The van der Waals surface area contributed by atoms with Gasteiger partial charge in [0, 0.05) is 19.1 Å². The second-order valence-corrected chi connectivity index (χ2v) is 5.50. The molecular weight excluding hydrogens is 303 g/mol. The van der Waals surface area contributed by atoms with Gasteiger partial charge in [-0.05, 0) is 19.8 Å². The number of carbonyl (C=O) groups excluding carboxylic acids is 1. The molecule has 5 nitrogen and oxygen atoms in total. The number of ether oxygens (including phenoxy) is 3. The Bertz CT molecular complexity index is 311. The Morgan fingerprint density at radius 2 is 1.68 bits per heavy atom. The minimum absolute atomic E-state index is 0.0262. The van der Waals surface area contributed by atoms with Crippen LogP contribution in [0.2, 0.25) is 0 Å². The average molecular weight is 329 g/mol. The largest absolute Gasteiger partial charge is 0.449 e. The van der Waals surface area contributed by atoms with Crippen molar-refractivity contribution >= 4 is 5.78 Å². The molecule has 132 valence electrons. The van der Waals surface area contributed by atoms with E-state index in [1.165, 1.54) is 6.92 Å². The van der Waals surface area contributed by atoms with E-state index >= 15 is 0 Å². The molecule has 0 aromatic carbocycles. The normalized spacial score (nSPS) is 16.3. The van der Waals surface area contributed by atoms with Crippen molar-refractivity contribution in [3.05, 3.63) is 0 Å². The lowest BCUT2D eigenvalue weighted by atomic mass is 10.1. The molecular formula is C14H26F3NO4. The van der Waals surface area contributed by atoms with E-state index in [-0.39, 0.29) is 25.4 Å². The van der Waals surface area contributed by atoms with Gasteiger partial charge in [0.25, 0.3) is 0 Å². The summed E-state index contributed by atoms with van der Waals surface area (Å²) in [5, 5.41) is 0. The van der Waals surface area contributed by atoms with Crippen LogP contribution in [0.3, 0.4) is 0 Å². The molecule has 0 radical (unpaired) electrons. The quantitative estimate of drug-likeness (QED) is 0.554. The molecule has 0 heterocycles. The lowest BCUT2D eigenvalue weighted by molar-refractivity contribution is -0.172. The second kappa shape index (κ2) is 10.9. The Morgan fingerprint density at radius 1 is 1.05 bits per heavy atom. The standard InChI is InChI=1S/C14H26F3NO4/c1-10(6-13(19)14(15,16)17)7-21-9-12(3)22-5-4-20-8-11(2)18/h10-12H,4-9,18H2,1-3H3. The summed E-state index contributed by atoms with van der Waals surface area (Å²) >= 11 is 0. The molecule has 0 fully saturated rings. The topological polar surface area (TPSA) is 70.8 Å². The van der Waals surface area contributed by atoms with Crippen LogP contribution in [-0.2, 0) is 19.0 Å². The third-order valence-corrected chi connectivity index (χ3v) is 2.62. The minimum atomic E-state index is -4.77. The molecule has 3 unspecified atom stereocenters. The van der Waals surface area contributed by atoms with Crippen LogP contribution in [-0.4, -0.2) is 57.1 Å². The number of hydrogen-bond donors (Lipinski definition) is 1. The lowest BCUT2D eigenvalue weighted by Crippen LogP contribution is -2.27. The van der Waals surface area contributed by atoms with E-state index in [9.17, 15) is 18.0 Å². The maximum atomic E-state index is 12.1. The highest BCUT2D eigenvalue weighted by Gasteiger charge is 2.38. The van der Waals surface area contributed by atoms with Crippen LogP contribution < -0.4 is 5.73 Å². The van der Waals surface area contributed by atoms with Gasteiger partial charge in [0.2, 0.25) is 5.78 Å². The molecule has 0 saturated heterocycles. The molecule has 0 saturated carbocycles. The highest BCUT2D eigenvalue weighted by Crippen LogP contribution is 2.20. The van der Waals surface area contributed by atoms with Gasteiger partial charge in [-0.15, -0.1) is 0 Å². The lowest BCUT2D eigenvalue weighted by Gasteiger charge is -2.16. The molecule has 22 heavy (non-hydrogen) atoms. The maximum Gasteiger partial charge on any atom is 0.449 e. The summed E-state index contributed by atoms with van der Waals surface area (Å²) in [7, 11) is 0. The summed E-state index contributed by atoms with van der Waals surface area (Å²) in [6.45, 7) is 6.76. The van der Waals surface area contributed by atoms with E-state index in [4.69, 9.17) is 19.9 Å². The summed E-state index contributed by atoms with van der Waals surface area (Å²) in [6, 6.07) is -0.0262. The molecule has 0 aliphatic heterocycles. The minimum Gasteiger partial charge on any atom is -0.378 e. The van der Waals surface area contributed by atoms with E-state index in [0.717, 1.165) is 0 Å². The molecule has 0 spiro atoms. The highest BCUT2D eigenvalue weighted by atomic mass is 19.4. The van der Waals surface area contributed by atoms with Crippen LogP contribution in [0, 0.1) is 5.92 Å². The first-order valence-electron chi connectivity index (χ1n) is 7.25. The molecule has 2 N–H and O–H groups in total. The van der Waals surface area contributed by atoms with Crippen molar-refractivity contribution in [2.75, 3.05) is 33.0 Å². The molecule has 8 heteroatoms. The van der Waals surface area contributed by atoms with Gasteiger partial charge in [0.1, 0.15) is 0 Å². The SMILES string of the molecule is CC(N)COCCOC(C)COCC(C)CC(=O)C(F)(F)F. The van der Waals surface area contributed by atoms with E-state index < -0.39 is 24.3 Å². The number of ketones is 1. The molecule has 0 aliphatic rings. The van der Waals surface area contributed by atoms with Gasteiger partial charge in [-0.3, -0.25) is 4.79 Å². The first-order chi connectivity index (χ1) is 10.1. The number of nitrogens with two attached hydrogens (primary N) is 1. The number of hydrogen-bond acceptors (Lipinski definition) is 5. The van der Waals surface area contributed by atoms with Gasteiger partial charge in [-0.2, -0.15) is 13.2 Å². The molecule has 0 aromatic heterocycles. The smallest absolute Gasteiger partial charge is 0.378 e. The Labute approximate surface area is 129 Å². The Kier molecular flexibility index (Phi) is 10.6. The summed E-state index contributed by atoms with van der Waals surface area (Å²) in [5.41, 5.74) is 5.51. The van der Waals surface area contributed by atoms with Crippen molar-refractivity contribution in [3.8, 4) is 0 Å². The maximum absolute atomic E-state index is 12.1. The molecule has 3 atom stereocenters. The zero-order valence-electron chi connectivity index (χ0n) is 13.3. The Hall–Kier alpha value is -0.700. The van der Waals surface area contributed by atoms with Crippen molar-refractivity contribution < 1.29 is 32.2 Å². The van der Waals surface area contributed by atoms with Gasteiger partial charge < -0.3 is 19.9 Å². The van der Waals surface area contributed by atoms with Gasteiger partial charge in [-0.25, -0.2) is 0 Å². The van der Waals surface area contributed by atoms with Gasteiger partial charge in [-0.1, -0.05) is 6.92 Å². The Morgan fingerprint density at radius 3 is 2.23 bits per heavy atom. The fourth-order valence-electron chi connectivity index (χ4n) is 1.55. The van der Waals surface area contributed by atoms with Gasteiger partial charge in [0.05, 0.1) is 32.5 Å². The number of carbonyl (C=O) groups is 1. The monoisotopic (exact) mass is 329 g/mol. The molecule has 0 aromatic rings. The van der Waals surface area contributed by atoms with E-state index in [2.05, 4.69) is 0 Å². The second-order valence-electron chi connectivity index (χ2n) is 5.50. The van der Waals surface area contributed by atoms with Crippen molar-refractivity contribution in [1.29, 1.82) is 0 Å². The summed E-state index contributed by atoms with van der Waals surface area (Å²) < 4.78 is 52.1. The van der Waals surface area contributed by atoms with Crippen molar-refractivity contribution in [3.63, 3.8) is 0 Å². The molecule has 0 aliphatic carbocycles. The van der Waals surface area contributed by atoms with Crippen LogP contribution in [0.15, 0.2) is 0 Å². The fraction of sp³-hybridized carbons (Fsp3) is 0.929. The average Bonchev–Trinajstić information content (AvgIpc) is 2.36. The van der Waals surface area contributed by atoms with E-state index in [1.807, 2.05) is 6.92 Å². The van der Waals surface area contributed by atoms with E-state index in [1.54, 1.807) is 6.92 Å². The van der Waals surface area contributed by atoms with Gasteiger partial charge >= 0.3 is 6.18 Å². The zero-order chi connectivity index (χ0) is 17.2. The number of Topliss-reactive ketones (excluding diaryl/α,β-unsaturated/α-hetero) is 1. The third-order valence-electron chi connectivity index (χ3n) is 2.62. The van der Waals surface area contributed by atoms with Crippen LogP contribution in [0.4, 0.5) is 13.2 Å². The van der Waals surface area contributed by atoms with Crippen LogP contribution in [0.1, 0.15) is 27.2 Å². The third kappa shape index (κ3) is 11.9. The predicted octanol–water partition coefficient (Wildman–Crippen LogP) is 1.93. The summed E-state index contributed by atoms with van der Waals surface area (Å²) in [5.74, 6) is -2.21. The van der Waals surface area contributed by atoms with Crippen molar-refractivity contribution in [2.24, 2.45) is 11.7 Å². The van der Waals surface area contributed by atoms with Crippen LogP contribution in [0.25, 0.3) is 0 Å². The Balaban J connectivity index is 3.62. The molecule has 0 amide bonds. The number of rotatable bonds is 12. The van der Waals surface area contributed by atoms with E-state index in [0.29, 0.717) is 19.8 Å². The zero-order valence-corrected chi connectivity index (χ0v) is 13.3.